The van der Waals surface area contributed by atoms with Crippen LogP contribution in [0.2, 0.25) is 0 Å². The first-order valence-electron chi connectivity index (χ1n) is 3.36. The summed E-state index contributed by atoms with van der Waals surface area (Å²) in [7, 11) is 0. The molecule has 0 spiro atoms. The number of nitrogen functional groups attached to an aromatic ring is 1. The number of hydrogen-bond donors (Lipinski definition) is 1. The number of aromatic nitrogens is 1. The number of ether oxygens (including phenoxy) is 1. The largest absolute Gasteiger partial charge is 0.574 e. The van der Waals surface area contributed by atoms with Crippen molar-refractivity contribution in [3.63, 3.8) is 0 Å². The summed E-state index contributed by atoms with van der Waals surface area (Å²) in [4.78, 5) is 3.36. The minimum Gasteiger partial charge on any atom is -0.397 e. The highest BCUT2D eigenvalue weighted by molar-refractivity contribution is 5.45. The predicted octanol–water partition coefficient (Wildman–Crippen LogP) is 1.87. The number of alkyl halides is 3. The fourth-order valence-corrected chi connectivity index (χ4v) is 0.715. The van der Waals surface area contributed by atoms with Crippen molar-refractivity contribution >= 4 is 5.69 Å². The summed E-state index contributed by atoms with van der Waals surface area (Å²) in [6, 6.07) is 1.13. The van der Waals surface area contributed by atoms with Gasteiger partial charge in [-0.15, -0.1) is 13.2 Å². The topological polar surface area (TPSA) is 48.1 Å². The van der Waals surface area contributed by atoms with Gasteiger partial charge >= 0.3 is 6.36 Å². The molecular formula is C7H7F3N2O. The van der Waals surface area contributed by atoms with Crippen molar-refractivity contribution in [2.45, 2.75) is 13.3 Å². The summed E-state index contributed by atoms with van der Waals surface area (Å²) in [6.07, 6.45) is -3.59. The second-order valence-electron chi connectivity index (χ2n) is 2.43. The highest BCUT2D eigenvalue weighted by atomic mass is 19.4. The summed E-state index contributed by atoms with van der Waals surface area (Å²) in [5.41, 5.74) is 6.18. The van der Waals surface area contributed by atoms with Gasteiger partial charge in [0.2, 0.25) is 5.88 Å². The van der Waals surface area contributed by atoms with Gasteiger partial charge in [0, 0.05) is 6.07 Å². The molecule has 3 nitrogen and oxygen atoms in total. The Kier molecular flexibility index (Phi) is 2.31. The Morgan fingerprint density at radius 2 is 2.08 bits per heavy atom. The van der Waals surface area contributed by atoms with Gasteiger partial charge in [0.05, 0.1) is 11.9 Å². The fraction of sp³-hybridized carbons (Fsp3) is 0.286. The maximum Gasteiger partial charge on any atom is 0.574 e. The summed E-state index contributed by atoms with van der Waals surface area (Å²) < 4.78 is 38.6. The second-order valence-corrected chi connectivity index (χ2v) is 2.43. The average Bonchev–Trinajstić information content (AvgIpc) is 1.94. The van der Waals surface area contributed by atoms with Crippen LogP contribution in [0.3, 0.4) is 0 Å². The number of aryl methyl sites for hydroxylation is 1. The minimum absolute atomic E-state index is 0.328. The van der Waals surface area contributed by atoms with E-state index in [0.29, 0.717) is 11.3 Å². The first-order valence-corrected chi connectivity index (χ1v) is 3.36. The van der Waals surface area contributed by atoms with Crippen LogP contribution in [0.5, 0.6) is 5.88 Å². The van der Waals surface area contributed by atoms with Crippen molar-refractivity contribution in [2.75, 3.05) is 5.73 Å². The van der Waals surface area contributed by atoms with E-state index in [1.807, 2.05) is 0 Å². The molecular weight excluding hydrogens is 185 g/mol. The van der Waals surface area contributed by atoms with Gasteiger partial charge in [-0.2, -0.15) is 0 Å². The lowest BCUT2D eigenvalue weighted by molar-refractivity contribution is -0.276. The van der Waals surface area contributed by atoms with Crippen molar-refractivity contribution < 1.29 is 17.9 Å². The summed E-state index contributed by atoms with van der Waals surface area (Å²) in [6.45, 7) is 1.57. The van der Waals surface area contributed by atoms with E-state index >= 15 is 0 Å². The van der Waals surface area contributed by atoms with E-state index in [1.54, 1.807) is 6.92 Å². The Hall–Kier alpha value is -1.46. The summed E-state index contributed by atoms with van der Waals surface area (Å²) in [5, 5.41) is 0. The third-order valence-corrected chi connectivity index (χ3v) is 1.35. The molecule has 0 aliphatic carbocycles. The van der Waals surface area contributed by atoms with Gasteiger partial charge in [-0.05, 0) is 12.5 Å². The number of hydrogen-bond acceptors (Lipinski definition) is 3. The molecule has 0 saturated carbocycles. The molecule has 72 valence electrons. The minimum atomic E-state index is -4.71. The van der Waals surface area contributed by atoms with Crippen molar-refractivity contribution in [2.24, 2.45) is 0 Å². The third-order valence-electron chi connectivity index (χ3n) is 1.35. The molecule has 0 bridgehead atoms. The monoisotopic (exact) mass is 192 g/mol. The van der Waals surface area contributed by atoms with Crippen molar-refractivity contribution in [1.29, 1.82) is 0 Å². The van der Waals surface area contributed by atoms with E-state index < -0.39 is 12.2 Å². The molecule has 0 fully saturated rings. The zero-order valence-electron chi connectivity index (χ0n) is 6.72. The third kappa shape index (κ3) is 2.81. The van der Waals surface area contributed by atoms with E-state index in [-0.39, 0.29) is 0 Å². The van der Waals surface area contributed by atoms with Gasteiger partial charge in [-0.3, -0.25) is 0 Å². The number of nitrogens with zero attached hydrogens (tertiary/aromatic N) is 1. The lowest BCUT2D eigenvalue weighted by Gasteiger charge is -2.08. The highest BCUT2D eigenvalue weighted by Gasteiger charge is 2.31. The van der Waals surface area contributed by atoms with Gasteiger partial charge in [-0.1, -0.05) is 0 Å². The molecule has 1 heterocycles. The van der Waals surface area contributed by atoms with Crippen LogP contribution in [-0.4, -0.2) is 11.3 Å². The van der Waals surface area contributed by atoms with Crippen LogP contribution in [0.1, 0.15) is 5.56 Å². The molecule has 1 aromatic rings. The van der Waals surface area contributed by atoms with Gasteiger partial charge in [-0.25, -0.2) is 4.98 Å². The Morgan fingerprint density at radius 3 is 2.54 bits per heavy atom. The van der Waals surface area contributed by atoms with Gasteiger partial charge in [0.25, 0.3) is 0 Å². The van der Waals surface area contributed by atoms with Crippen LogP contribution >= 0.6 is 0 Å². The quantitative estimate of drug-likeness (QED) is 0.738. The second kappa shape index (κ2) is 3.12. The van der Waals surface area contributed by atoms with E-state index in [1.165, 1.54) is 0 Å². The molecule has 0 aliphatic heterocycles. The van der Waals surface area contributed by atoms with Crippen LogP contribution < -0.4 is 10.5 Å². The molecule has 0 unspecified atom stereocenters. The van der Waals surface area contributed by atoms with Gasteiger partial charge in [0.1, 0.15) is 0 Å². The maximum absolute atomic E-state index is 11.7. The van der Waals surface area contributed by atoms with Gasteiger partial charge in [0.15, 0.2) is 0 Å². The number of nitrogens with two attached hydrogens (primary N) is 1. The van der Waals surface area contributed by atoms with Crippen LogP contribution in [0.25, 0.3) is 0 Å². The SMILES string of the molecule is Cc1cc(OC(F)(F)F)ncc1N. The molecule has 0 atom stereocenters. The standard InChI is InChI=1S/C7H7F3N2O/c1-4-2-6(12-3-5(4)11)13-7(8,9)10/h2-3H,11H2,1H3. The molecule has 6 heteroatoms. The Balaban J connectivity index is 2.86. The van der Waals surface area contributed by atoms with E-state index in [2.05, 4.69) is 9.72 Å². The van der Waals surface area contributed by atoms with Crippen LogP contribution in [-0.2, 0) is 0 Å². The molecule has 0 amide bonds. The zero-order valence-corrected chi connectivity index (χ0v) is 6.72. The Labute approximate surface area is 72.3 Å². The maximum atomic E-state index is 11.7. The predicted molar refractivity (Wildman–Crippen MR) is 40.1 cm³/mol. The zero-order chi connectivity index (χ0) is 10.1. The normalized spacial score (nSPS) is 11.4. The summed E-state index contributed by atoms with van der Waals surface area (Å²) >= 11 is 0. The first-order chi connectivity index (χ1) is 5.88. The van der Waals surface area contributed by atoms with Crippen LogP contribution in [0.15, 0.2) is 12.3 Å². The van der Waals surface area contributed by atoms with Crippen LogP contribution in [0, 0.1) is 6.92 Å². The molecule has 1 aromatic heterocycles. The molecule has 1 rings (SSSR count). The Morgan fingerprint density at radius 1 is 1.46 bits per heavy atom. The number of halogens is 3. The molecule has 13 heavy (non-hydrogen) atoms. The van der Waals surface area contributed by atoms with E-state index in [9.17, 15) is 13.2 Å². The van der Waals surface area contributed by atoms with Crippen molar-refractivity contribution in [1.82, 2.24) is 4.98 Å². The lowest BCUT2D eigenvalue weighted by Crippen LogP contribution is -2.18. The van der Waals surface area contributed by atoms with E-state index in [4.69, 9.17) is 5.73 Å². The molecule has 0 aliphatic rings. The average molecular weight is 192 g/mol. The molecule has 0 aromatic carbocycles. The Bertz CT molecular complexity index is 311. The molecule has 0 saturated heterocycles. The number of pyridine rings is 1. The van der Waals surface area contributed by atoms with Gasteiger partial charge < -0.3 is 10.5 Å². The molecule has 2 N–H and O–H groups in total. The smallest absolute Gasteiger partial charge is 0.397 e. The fourth-order valence-electron chi connectivity index (χ4n) is 0.715. The highest BCUT2D eigenvalue weighted by Crippen LogP contribution is 2.22. The van der Waals surface area contributed by atoms with Crippen LogP contribution in [0.4, 0.5) is 18.9 Å². The van der Waals surface area contributed by atoms with Crippen molar-refractivity contribution in [3.05, 3.63) is 17.8 Å². The molecule has 0 radical (unpaired) electrons. The number of rotatable bonds is 1. The summed E-state index contributed by atoms with van der Waals surface area (Å²) in [5.74, 6) is -0.501. The number of anilines is 1. The lowest BCUT2D eigenvalue weighted by atomic mass is 10.2. The van der Waals surface area contributed by atoms with E-state index in [0.717, 1.165) is 12.3 Å². The van der Waals surface area contributed by atoms with Crippen molar-refractivity contribution in [3.8, 4) is 5.88 Å². The first kappa shape index (κ1) is 9.63.